The first-order valence-electron chi connectivity index (χ1n) is 5.90. The molecule has 3 N–H and O–H groups in total. The van der Waals surface area contributed by atoms with Gasteiger partial charge in [-0.2, -0.15) is 13.5 Å². The van der Waals surface area contributed by atoms with E-state index in [1.54, 1.807) is 14.0 Å². The van der Waals surface area contributed by atoms with Crippen molar-refractivity contribution in [2.24, 2.45) is 0 Å². The standard InChI is InChI=1S/C12H15FN4O2S/c1-8-5-10(3-4-11(8)13)17-20(18,19)12-9(6-14-2)7-15-16-12/h3-5,7,14,17H,6H2,1-2H3,(H,15,16). The Bertz CT molecular complexity index is 712. The van der Waals surface area contributed by atoms with Crippen LogP contribution in [0, 0.1) is 12.7 Å². The van der Waals surface area contributed by atoms with Crippen molar-refractivity contribution >= 4 is 15.7 Å². The maximum Gasteiger partial charge on any atom is 0.279 e. The summed E-state index contributed by atoms with van der Waals surface area (Å²) in [6.45, 7) is 1.94. The maximum absolute atomic E-state index is 13.2. The first-order valence-corrected chi connectivity index (χ1v) is 7.38. The number of anilines is 1. The number of aromatic amines is 1. The van der Waals surface area contributed by atoms with Crippen LogP contribution < -0.4 is 10.0 Å². The number of rotatable bonds is 5. The lowest BCUT2D eigenvalue weighted by Gasteiger charge is -2.09. The van der Waals surface area contributed by atoms with Gasteiger partial charge in [-0.25, -0.2) is 4.39 Å². The molecule has 2 rings (SSSR count). The molecule has 108 valence electrons. The van der Waals surface area contributed by atoms with E-state index in [0.29, 0.717) is 23.4 Å². The van der Waals surface area contributed by atoms with Crippen molar-refractivity contribution in [2.45, 2.75) is 18.5 Å². The Morgan fingerprint density at radius 1 is 1.40 bits per heavy atom. The van der Waals surface area contributed by atoms with Crippen molar-refractivity contribution in [1.29, 1.82) is 0 Å². The third kappa shape index (κ3) is 2.97. The minimum atomic E-state index is -3.78. The molecule has 0 aliphatic rings. The number of hydrogen-bond donors (Lipinski definition) is 3. The normalized spacial score (nSPS) is 11.6. The highest BCUT2D eigenvalue weighted by Crippen LogP contribution is 2.19. The Labute approximate surface area is 116 Å². The van der Waals surface area contributed by atoms with E-state index in [9.17, 15) is 12.8 Å². The number of nitrogens with one attached hydrogen (secondary N) is 3. The molecular weight excluding hydrogens is 283 g/mol. The zero-order chi connectivity index (χ0) is 14.8. The highest BCUT2D eigenvalue weighted by molar-refractivity contribution is 7.92. The van der Waals surface area contributed by atoms with Crippen LogP contribution in [0.3, 0.4) is 0 Å². The number of H-pyrrole nitrogens is 1. The molecule has 0 amide bonds. The summed E-state index contributed by atoms with van der Waals surface area (Å²) < 4.78 is 40.1. The Balaban J connectivity index is 2.30. The van der Waals surface area contributed by atoms with Gasteiger partial charge in [0.1, 0.15) is 5.82 Å². The van der Waals surface area contributed by atoms with Gasteiger partial charge in [0.25, 0.3) is 10.0 Å². The molecule has 0 aliphatic heterocycles. The summed E-state index contributed by atoms with van der Waals surface area (Å²) in [6, 6.07) is 4.02. The lowest BCUT2D eigenvalue weighted by molar-refractivity contribution is 0.594. The van der Waals surface area contributed by atoms with Crippen molar-refractivity contribution in [2.75, 3.05) is 11.8 Å². The summed E-state index contributed by atoms with van der Waals surface area (Å²) in [7, 11) is -2.07. The van der Waals surface area contributed by atoms with Crippen molar-refractivity contribution in [3.8, 4) is 0 Å². The summed E-state index contributed by atoms with van der Waals surface area (Å²) in [5.41, 5.74) is 1.19. The van der Waals surface area contributed by atoms with Crippen molar-refractivity contribution in [1.82, 2.24) is 15.5 Å². The van der Waals surface area contributed by atoms with Gasteiger partial charge in [0.15, 0.2) is 5.03 Å². The predicted octanol–water partition coefficient (Wildman–Crippen LogP) is 1.38. The zero-order valence-corrected chi connectivity index (χ0v) is 11.9. The summed E-state index contributed by atoms with van der Waals surface area (Å²) in [5, 5.41) is 9.05. The molecule has 6 nitrogen and oxygen atoms in total. The molecule has 0 bridgehead atoms. The molecule has 0 unspecified atom stereocenters. The van der Waals surface area contributed by atoms with E-state index in [-0.39, 0.29) is 10.8 Å². The Morgan fingerprint density at radius 2 is 2.15 bits per heavy atom. The number of aromatic nitrogens is 2. The third-order valence-corrected chi connectivity index (χ3v) is 4.12. The van der Waals surface area contributed by atoms with E-state index < -0.39 is 10.0 Å². The van der Waals surface area contributed by atoms with Gasteiger partial charge >= 0.3 is 0 Å². The van der Waals surface area contributed by atoms with Gasteiger partial charge in [0.2, 0.25) is 0 Å². The summed E-state index contributed by atoms with van der Waals surface area (Å²) in [6.07, 6.45) is 1.45. The van der Waals surface area contributed by atoms with Crippen LogP contribution in [0.15, 0.2) is 29.4 Å². The predicted molar refractivity (Wildman–Crippen MR) is 73.3 cm³/mol. The molecule has 20 heavy (non-hydrogen) atoms. The minimum absolute atomic E-state index is 0.00571. The Kier molecular flexibility index (Phi) is 4.05. The Morgan fingerprint density at radius 3 is 2.80 bits per heavy atom. The quantitative estimate of drug-likeness (QED) is 0.778. The van der Waals surface area contributed by atoms with Crippen LogP contribution >= 0.6 is 0 Å². The molecule has 0 spiro atoms. The molecule has 0 fully saturated rings. The van der Waals surface area contributed by atoms with E-state index >= 15 is 0 Å². The van der Waals surface area contributed by atoms with Crippen molar-refractivity contribution in [3.05, 3.63) is 41.3 Å². The largest absolute Gasteiger partial charge is 0.316 e. The van der Waals surface area contributed by atoms with Gasteiger partial charge in [0, 0.05) is 17.8 Å². The van der Waals surface area contributed by atoms with Gasteiger partial charge < -0.3 is 5.32 Å². The first kappa shape index (κ1) is 14.5. The number of sulfonamides is 1. The highest BCUT2D eigenvalue weighted by Gasteiger charge is 2.20. The molecule has 1 aromatic carbocycles. The fourth-order valence-electron chi connectivity index (χ4n) is 1.76. The highest BCUT2D eigenvalue weighted by atomic mass is 32.2. The molecule has 2 aromatic rings. The third-order valence-electron chi connectivity index (χ3n) is 2.72. The smallest absolute Gasteiger partial charge is 0.279 e. The molecule has 1 heterocycles. The fraction of sp³-hybridized carbons (Fsp3) is 0.250. The number of benzene rings is 1. The second-order valence-corrected chi connectivity index (χ2v) is 5.94. The molecule has 8 heteroatoms. The summed E-state index contributed by atoms with van der Waals surface area (Å²) in [4.78, 5) is 0. The van der Waals surface area contributed by atoms with Gasteiger partial charge in [-0.15, -0.1) is 0 Å². The average molecular weight is 298 g/mol. The van der Waals surface area contributed by atoms with Crippen LogP contribution in [0.2, 0.25) is 0 Å². The average Bonchev–Trinajstić information content (AvgIpc) is 2.83. The molecule has 0 atom stereocenters. The number of aryl methyl sites for hydroxylation is 1. The molecule has 0 radical (unpaired) electrons. The lowest BCUT2D eigenvalue weighted by Crippen LogP contribution is -2.17. The van der Waals surface area contributed by atoms with Crippen molar-refractivity contribution < 1.29 is 12.8 Å². The monoisotopic (exact) mass is 298 g/mol. The van der Waals surface area contributed by atoms with Crippen LogP contribution in [0.1, 0.15) is 11.1 Å². The van der Waals surface area contributed by atoms with Gasteiger partial charge in [-0.05, 0) is 37.7 Å². The zero-order valence-electron chi connectivity index (χ0n) is 11.1. The lowest BCUT2D eigenvalue weighted by atomic mass is 10.2. The number of halogens is 1. The molecule has 0 saturated carbocycles. The number of hydrogen-bond acceptors (Lipinski definition) is 4. The van der Waals surface area contributed by atoms with E-state index in [0.717, 1.165) is 0 Å². The summed E-state index contributed by atoms with van der Waals surface area (Å²) >= 11 is 0. The van der Waals surface area contributed by atoms with Gasteiger partial charge in [-0.3, -0.25) is 9.82 Å². The van der Waals surface area contributed by atoms with E-state index in [1.807, 2.05) is 0 Å². The van der Waals surface area contributed by atoms with Gasteiger partial charge in [-0.1, -0.05) is 0 Å². The summed E-state index contributed by atoms with van der Waals surface area (Å²) in [5.74, 6) is -0.384. The van der Waals surface area contributed by atoms with Gasteiger partial charge in [0.05, 0.1) is 6.20 Å². The fourth-order valence-corrected chi connectivity index (χ4v) is 2.94. The van der Waals surface area contributed by atoms with Crippen LogP contribution in [0.5, 0.6) is 0 Å². The van der Waals surface area contributed by atoms with Crippen LogP contribution in [0.4, 0.5) is 10.1 Å². The van der Waals surface area contributed by atoms with Crippen LogP contribution in [-0.4, -0.2) is 25.7 Å². The molecule has 0 aliphatic carbocycles. The maximum atomic E-state index is 13.2. The number of nitrogens with zero attached hydrogens (tertiary/aromatic N) is 1. The second-order valence-electron chi connectivity index (χ2n) is 4.32. The topological polar surface area (TPSA) is 86.9 Å². The molecule has 0 saturated heterocycles. The SMILES string of the molecule is CNCc1cn[nH]c1S(=O)(=O)Nc1ccc(F)c(C)c1. The van der Waals surface area contributed by atoms with E-state index in [4.69, 9.17) is 0 Å². The van der Waals surface area contributed by atoms with E-state index in [1.165, 1.54) is 24.4 Å². The molecular formula is C12H15FN4O2S. The van der Waals surface area contributed by atoms with E-state index in [2.05, 4.69) is 20.2 Å². The first-order chi connectivity index (χ1) is 9.44. The Hall–Kier alpha value is -1.93. The molecule has 1 aromatic heterocycles. The second kappa shape index (κ2) is 5.59. The van der Waals surface area contributed by atoms with Crippen LogP contribution in [0.25, 0.3) is 0 Å². The minimum Gasteiger partial charge on any atom is -0.316 e. The van der Waals surface area contributed by atoms with Crippen LogP contribution in [-0.2, 0) is 16.6 Å². The van der Waals surface area contributed by atoms with Crippen molar-refractivity contribution in [3.63, 3.8) is 0 Å².